The Morgan fingerprint density at radius 1 is 1.29 bits per heavy atom. The monoisotopic (exact) mass is 349 g/mol. The van der Waals surface area contributed by atoms with Gasteiger partial charge in [-0.2, -0.15) is 9.29 Å². The Kier molecular flexibility index (Phi) is 4.68. The molecule has 128 valence electrons. The van der Waals surface area contributed by atoms with Crippen molar-refractivity contribution < 1.29 is 17.9 Å². The first-order chi connectivity index (χ1) is 11.5. The zero-order valence-corrected chi connectivity index (χ0v) is 14.4. The van der Waals surface area contributed by atoms with Crippen molar-refractivity contribution in [2.24, 2.45) is 0 Å². The smallest absolute Gasteiger partial charge is 0.243 e. The predicted molar refractivity (Wildman–Crippen MR) is 87.6 cm³/mol. The molecule has 0 bridgehead atoms. The van der Waals surface area contributed by atoms with Crippen molar-refractivity contribution in [3.63, 3.8) is 0 Å². The molecule has 3 rings (SSSR count). The Morgan fingerprint density at radius 3 is 2.88 bits per heavy atom. The topological polar surface area (TPSA) is 81.6 Å². The van der Waals surface area contributed by atoms with Gasteiger partial charge in [-0.1, -0.05) is 6.07 Å². The second-order valence-corrected chi connectivity index (χ2v) is 7.45. The molecule has 1 aromatic carbocycles. The molecule has 1 aromatic heterocycles. The van der Waals surface area contributed by atoms with E-state index in [-0.39, 0.29) is 11.0 Å². The Labute approximate surface area is 141 Å². The van der Waals surface area contributed by atoms with Gasteiger partial charge in [0.05, 0.1) is 18.6 Å². The van der Waals surface area contributed by atoms with Gasteiger partial charge in [0, 0.05) is 24.9 Å². The highest BCUT2D eigenvalue weighted by Gasteiger charge is 2.34. The lowest BCUT2D eigenvalue weighted by atomic mass is 10.3. The van der Waals surface area contributed by atoms with Crippen LogP contribution in [0.25, 0.3) is 0 Å². The third-order valence-corrected chi connectivity index (χ3v) is 5.69. The van der Waals surface area contributed by atoms with E-state index in [1.807, 2.05) is 0 Å². The lowest BCUT2D eigenvalue weighted by Crippen LogP contribution is -2.31. The van der Waals surface area contributed by atoms with Crippen LogP contribution in [0.1, 0.15) is 12.2 Å². The second kappa shape index (κ2) is 6.74. The van der Waals surface area contributed by atoms with Crippen LogP contribution in [0.3, 0.4) is 0 Å². The maximum Gasteiger partial charge on any atom is 0.243 e. The van der Waals surface area contributed by atoms with Gasteiger partial charge in [-0.05, 0) is 25.5 Å². The first-order valence-electron chi connectivity index (χ1n) is 7.59. The molecule has 8 heteroatoms. The standard InChI is InChI=1S/C16H19N3O4S/c1-12-17-8-6-16(18-12)23-14-7-9-19(11-14)24(20,21)15-5-3-4-13(10-15)22-2/h3-6,8,10,14H,7,9,11H2,1-2H3. The highest BCUT2D eigenvalue weighted by atomic mass is 32.2. The molecule has 0 saturated carbocycles. The highest BCUT2D eigenvalue weighted by Crippen LogP contribution is 2.25. The van der Waals surface area contributed by atoms with Gasteiger partial charge in [0.15, 0.2) is 0 Å². The van der Waals surface area contributed by atoms with Crippen LogP contribution in [0.4, 0.5) is 0 Å². The summed E-state index contributed by atoms with van der Waals surface area (Å²) in [5, 5.41) is 0. The molecule has 1 saturated heterocycles. The van der Waals surface area contributed by atoms with E-state index in [4.69, 9.17) is 9.47 Å². The van der Waals surface area contributed by atoms with Gasteiger partial charge in [-0.15, -0.1) is 0 Å². The van der Waals surface area contributed by atoms with Gasteiger partial charge in [0.2, 0.25) is 15.9 Å². The van der Waals surface area contributed by atoms with Crippen molar-refractivity contribution in [2.45, 2.75) is 24.3 Å². The highest BCUT2D eigenvalue weighted by molar-refractivity contribution is 7.89. The number of nitrogens with zero attached hydrogens (tertiary/aromatic N) is 3. The summed E-state index contributed by atoms with van der Waals surface area (Å²) in [4.78, 5) is 8.42. The second-order valence-electron chi connectivity index (χ2n) is 5.51. The summed E-state index contributed by atoms with van der Waals surface area (Å²) in [5.74, 6) is 1.60. The summed E-state index contributed by atoms with van der Waals surface area (Å²) in [6, 6.07) is 8.15. The summed E-state index contributed by atoms with van der Waals surface area (Å²) < 4.78 is 37.8. The number of rotatable bonds is 5. The summed E-state index contributed by atoms with van der Waals surface area (Å²) in [6.07, 6.45) is 2.02. The number of ether oxygens (including phenoxy) is 2. The van der Waals surface area contributed by atoms with Crippen molar-refractivity contribution in [1.82, 2.24) is 14.3 Å². The quantitative estimate of drug-likeness (QED) is 0.816. The summed E-state index contributed by atoms with van der Waals surface area (Å²) in [5.41, 5.74) is 0. The molecule has 1 unspecified atom stereocenters. The maximum atomic E-state index is 12.7. The van der Waals surface area contributed by atoms with Crippen LogP contribution in [0.2, 0.25) is 0 Å². The van der Waals surface area contributed by atoms with Crippen LogP contribution >= 0.6 is 0 Å². The molecular formula is C16H19N3O4S. The molecule has 24 heavy (non-hydrogen) atoms. The summed E-state index contributed by atoms with van der Waals surface area (Å²) in [6.45, 7) is 2.48. The zero-order chi connectivity index (χ0) is 17.2. The largest absolute Gasteiger partial charge is 0.497 e. The molecule has 0 spiro atoms. The van der Waals surface area contributed by atoms with Crippen molar-refractivity contribution >= 4 is 10.0 Å². The Balaban J connectivity index is 1.72. The fraction of sp³-hybridized carbons (Fsp3) is 0.375. The maximum absolute atomic E-state index is 12.7. The van der Waals surface area contributed by atoms with E-state index in [2.05, 4.69) is 9.97 Å². The molecule has 1 aliphatic rings. The van der Waals surface area contributed by atoms with Crippen molar-refractivity contribution in [1.29, 1.82) is 0 Å². The molecule has 0 N–H and O–H groups in total. The van der Waals surface area contributed by atoms with E-state index in [1.165, 1.54) is 17.5 Å². The third-order valence-electron chi connectivity index (χ3n) is 3.82. The zero-order valence-electron chi connectivity index (χ0n) is 13.5. The number of benzene rings is 1. The minimum atomic E-state index is -3.56. The normalized spacial score (nSPS) is 18.5. The van der Waals surface area contributed by atoms with Gasteiger partial charge in [-0.3, -0.25) is 0 Å². The average molecular weight is 349 g/mol. The molecule has 1 fully saturated rings. The average Bonchev–Trinajstić information content (AvgIpc) is 3.04. The Bertz CT molecular complexity index is 826. The Morgan fingerprint density at radius 2 is 2.12 bits per heavy atom. The molecule has 0 aliphatic carbocycles. The van der Waals surface area contributed by atoms with E-state index in [1.54, 1.807) is 37.4 Å². The lowest BCUT2D eigenvalue weighted by Gasteiger charge is -2.17. The van der Waals surface area contributed by atoms with Gasteiger partial charge in [-0.25, -0.2) is 13.4 Å². The molecule has 2 aromatic rings. The molecular weight excluding hydrogens is 330 g/mol. The van der Waals surface area contributed by atoms with Crippen LogP contribution < -0.4 is 9.47 Å². The third kappa shape index (κ3) is 3.49. The van der Waals surface area contributed by atoms with E-state index in [0.717, 1.165) is 0 Å². The molecule has 1 atom stereocenters. The number of aromatic nitrogens is 2. The van der Waals surface area contributed by atoms with E-state index in [0.29, 0.717) is 37.0 Å². The molecule has 7 nitrogen and oxygen atoms in total. The Hall–Kier alpha value is -2.19. The first-order valence-corrected chi connectivity index (χ1v) is 9.03. The van der Waals surface area contributed by atoms with E-state index in [9.17, 15) is 8.42 Å². The van der Waals surface area contributed by atoms with Crippen LogP contribution in [-0.2, 0) is 10.0 Å². The molecule has 1 aliphatic heterocycles. The number of sulfonamides is 1. The summed E-state index contributed by atoms with van der Waals surface area (Å²) >= 11 is 0. The van der Waals surface area contributed by atoms with Gasteiger partial charge in [0.25, 0.3) is 0 Å². The van der Waals surface area contributed by atoms with Crippen molar-refractivity contribution in [2.75, 3.05) is 20.2 Å². The number of aryl methyl sites for hydroxylation is 1. The van der Waals surface area contributed by atoms with E-state index >= 15 is 0 Å². The predicted octanol–water partition coefficient (Wildman–Crippen LogP) is 1.64. The van der Waals surface area contributed by atoms with Gasteiger partial charge in [0.1, 0.15) is 17.7 Å². The number of hydrogen-bond acceptors (Lipinski definition) is 6. The minimum Gasteiger partial charge on any atom is -0.497 e. The van der Waals surface area contributed by atoms with Crippen molar-refractivity contribution in [3.05, 3.63) is 42.4 Å². The van der Waals surface area contributed by atoms with Crippen LogP contribution in [0, 0.1) is 6.92 Å². The number of hydrogen-bond donors (Lipinski definition) is 0. The van der Waals surface area contributed by atoms with Gasteiger partial charge < -0.3 is 9.47 Å². The summed E-state index contributed by atoms with van der Waals surface area (Å²) in [7, 11) is -2.05. The van der Waals surface area contributed by atoms with Gasteiger partial charge >= 0.3 is 0 Å². The minimum absolute atomic E-state index is 0.223. The van der Waals surface area contributed by atoms with Crippen molar-refractivity contribution in [3.8, 4) is 11.6 Å². The molecule has 0 amide bonds. The van der Waals surface area contributed by atoms with Crippen LogP contribution in [-0.4, -0.2) is 49.0 Å². The van der Waals surface area contributed by atoms with Crippen LogP contribution in [0.5, 0.6) is 11.6 Å². The number of methoxy groups -OCH3 is 1. The SMILES string of the molecule is COc1cccc(S(=O)(=O)N2CCC(Oc3ccnc(C)n3)C2)c1. The lowest BCUT2D eigenvalue weighted by molar-refractivity contribution is 0.206. The molecule has 0 radical (unpaired) electrons. The first kappa shape index (κ1) is 16.7. The molecule has 2 heterocycles. The van der Waals surface area contributed by atoms with Crippen LogP contribution in [0.15, 0.2) is 41.4 Å². The fourth-order valence-electron chi connectivity index (χ4n) is 2.59. The fourth-order valence-corrected chi connectivity index (χ4v) is 4.12. The van der Waals surface area contributed by atoms with E-state index < -0.39 is 10.0 Å².